The predicted molar refractivity (Wildman–Crippen MR) is 159 cm³/mol. The van der Waals surface area contributed by atoms with Crippen molar-refractivity contribution in [2.75, 3.05) is 50.0 Å². The molecule has 0 amide bonds. The molecule has 12 nitrogen and oxygen atoms in total. The Bertz CT molecular complexity index is 1200. The van der Waals surface area contributed by atoms with Crippen LogP contribution in [0.15, 0.2) is 17.1 Å². The van der Waals surface area contributed by atoms with E-state index in [4.69, 9.17) is 19.7 Å². The molecule has 4 N–H and O–H groups in total. The zero-order valence-electron chi connectivity index (χ0n) is 25.1. The van der Waals surface area contributed by atoms with Crippen LogP contribution in [0.4, 0.5) is 19.0 Å². The van der Waals surface area contributed by atoms with Crippen LogP contribution in [0.25, 0.3) is 0 Å². The van der Waals surface area contributed by atoms with Gasteiger partial charge in [-0.2, -0.15) is 18.2 Å². The molecule has 1 aliphatic rings. The number of anilines is 1. The molecule has 0 bridgehead atoms. The molecule has 17 heteroatoms. The summed E-state index contributed by atoms with van der Waals surface area (Å²) in [5.41, 5.74) is 3.12. The molecule has 1 aromatic heterocycles. The number of hydrogen-bond acceptors (Lipinski definition) is 10. The first kappa shape index (κ1) is 38.6. The third kappa shape index (κ3) is 14.3. The van der Waals surface area contributed by atoms with Crippen molar-refractivity contribution in [1.29, 1.82) is 0 Å². The van der Waals surface area contributed by atoms with E-state index in [1.54, 1.807) is 0 Å². The molecule has 2 rings (SSSR count). The van der Waals surface area contributed by atoms with E-state index in [9.17, 15) is 40.9 Å². The Kier molecular flexibility index (Phi) is 16.3. The zero-order valence-corrected chi connectivity index (χ0v) is 26.8. The largest absolute Gasteiger partial charge is 0.398 e. The Morgan fingerprint density at radius 1 is 1.05 bits per heavy atom. The van der Waals surface area contributed by atoms with Gasteiger partial charge in [-0.05, 0) is 25.3 Å². The Morgan fingerprint density at radius 3 is 2.14 bits per heavy atom. The average Bonchev–Trinajstić information content (AvgIpc) is 2.91. The standard InChI is InChI=1S/C27H47F3N3O9PS/c28-27(29,30)26(20-40-21-26)13-9-7-5-3-1-2-4-6-8-10-16-44(38,39)17-11-15-42-43(36,37)22-41-23(19-34)18-33-14-12-24(31)32-25(33)35/h12,14,23,34H,1-11,13,15-22H2,(H,36,37)(H2,31,32,35). The fraction of sp³-hybridized carbons (Fsp3) is 0.852. The summed E-state index contributed by atoms with van der Waals surface area (Å²) in [7, 11) is -7.56. The number of hydrogen-bond donors (Lipinski definition) is 3. The summed E-state index contributed by atoms with van der Waals surface area (Å²) in [5.74, 6) is -0.131. The number of unbranched alkanes of at least 4 members (excludes halogenated alkanes) is 9. The molecule has 1 aromatic rings. The van der Waals surface area contributed by atoms with Gasteiger partial charge >= 0.3 is 19.5 Å². The number of rotatable bonds is 24. The molecule has 0 aliphatic carbocycles. The molecule has 2 unspecified atom stereocenters. The Morgan fingerprint density at radius 2 is 1.61 bits per heavy atom. The van der Waals surface area contributed by atoms with Crippen molar-refractivity contribution < 1.29 is 50.2 Å². The van der Waals surface area contributed by atoms with Crippen molar-refractivity contribution >= 4 is 23.3 Å². The molecule has 1 aliphatic heterocycles. The molecule has 256 valence electrons. The highest BCUT2D eigenvalue weighted by molar-refractivity contribution is 7.91. The number of nitrogens with two attached hydrogens (primary N) is 1. The van der Waals surface area contributed by atoms with Crippen molar-refractivity contribution in [2.45, 2.75) is 95.9 Å². The molecule has 44 heavy (non-hydrogen) atoms. The van der Waals surface area contributed by atoms with Crippen LogP contribution < -0.4 is 11.4 Å². The van der Waals surface area contributed by atoms with Crippen molar-refractivity contribution in [2.24, 2.45) is 5.41 Å². The Labute approximate surface area is 256 Å². The van der Waals surface area contributed by atoms with Crippen molar-refractivity contribution in [3.63, 3.8) is 0 Å². The molecule has 0 saturated carbocycles. The lowest BCUT2D eigenvalue weighted by atomic mass is 9.80. The number of aromatic nitrogens is 2. The van der Waals surface area contributed by atoms with E-state index >= 15 is 0 Å². The lowest BCUT2D eigenvalue weighted by molar-refractivity contribution is -0.305. The summed E-state index contributed by atoms with van der Waals surface area (Å²) in [6.07, 6.45) is 3.98. The quantitative estimate of drug-likeness (QED) is 0.106. The first-order chi connectivity index (χ1) is 20.7. The zero-order chi connectivity index (χ0) is 32.7. The van der Waals surface area contributed by atoms with Crippen LogP contribution in [-0.2, 0) is 34.9 Å². The molecule has 0 aromatic carbocycles. The lowest BCUT2D eigenvalue weighted by Gasteiger charge is -2.42. The summed E-state index contributed by atoms with van der Waals surface area (Å²) in [6.45, 7) is -1.38. The number of halogens is 3. The SMILES string of the molecule is Nc1ccn(CC(CO)OCP(=O)(O)OCCCS(=O)(=O)CCCCCCCCCCCCC2(C(F)(F)F)COC2)c(=O)n1. The van der Waals surface area contributed by atoms with Gasteiger partial charge in [-0.1, -0.05) is 57.8 Å². The third-order valence-electron chi connectivity index (χ3n) is 7.58. The minimum absolute atomic E-state index is 0.0227. The highest BCUT2D eigenvalue weighted by atomic mass is 32.2. The number of alkyl halides is 3. The summed E-state index contributed by atoms with van der Waals surface area (Å²) in [5, 5.41) is 9.47. The van der Waals surface area contributed by atoms with Gasteiger partial charge in [-0.25, -0.2) is 13.2 Å². The highest BCUT2D eigenvalue weighted by Gasteiger charge is 2.59. The number of ether oxygens (including phenoxy) is 2. The van der Waals surface area contributed by atoms with Gasteiger partial charge in [0.25, 0.3) is 0 Å². The molecule has 1 fully saturated rings. The molecule has 0 spiro atoms. The van der Waals surface area contributed by atoms with E-state index in [1.807, 2.05) is 0 Å². The van der Waals surface area contributed by atoms with Crippen molar-refractivity contribution in [3.8, 4) is 0 Å². The van der Waals surface area contributed by atoms with Gasteiger partial charge in [-0.3, -0.25) is 9.13 Å². The van der Waals surface area contributed by atoms with Crippen LogP contribution in [0.3, 0.4) is 0 Å². The van der Waals surface area contributed by atoms with Crippen LogP contribution >= 0.6 is 7.60 Å². The maximum absolute atomic E-state index is 13.1. The maximum Gasteiger partial charge on any atom is 0.398 e. The lowest BCUT2D eigenvalue weighted by Crippen LogP contribution is -2.53. The van der Waals surface area contributed by atoms with E-state index in [2.05, 4.69) is 4.98 Å². The smallest absolute Gasteiger partial charge is 0.394 e. The van der Waals surface area contributed by atoms with Gasteiger partial charge in [0.2, 0.25) is 0 Å². The minimum atomic E-state index is -4.22. The fourth-order valence-electron chi connectivity index (χ4n) is 4.79. The van der Waals surface area contributed by atoms with Gasteiger partial charge in [0, 0.05) is 6.20 Å². The van der Waals surface area contributed by atoms with Crippen LogP contribution in [0.2, 0.25) is 0 Å². The first-order valence-corrected chi connectivity index (χ1v) is 18.6. The van der Waals surface area contributed by atoms with E-state index in [-0.39, 0.29) is 56.5 Å². The number of aliphatic hydroxyl groups is 1. The second-order valence-corrected chi connectivity index (χ2v) is 15.5. The third-order valence-corrected chi connectivity index (χ3v) is 10.5. The second-order valence-electron chi connectivity index (χ2n) is 11.4. The molecule has 0 radical (unpaired) electrons. The second kappa shape index (κ2) is 18.6. The van der Waals surface area contributed by atoms with Crippen LogP contribution in [0, 0.1) is 5.41 Å². The summed E-state index contributed by atoms with van der Waals surface area (Å²) in [4.78, 5) is 25.3. The van der Waals surface area contributed by atoms with Gasteiger partial charge in [0.1, 0.15) is 27.4 Å². The van der Waals surface area contributed by atoms with Crippen LogP contribution in [0.1, 0.15) is 77.0 Å². The summed E-state index contributed by atoms with van der Waals surface area (Å²) >= 11 is 0. The number of nitrogens with zero attached hydrogens (tertiary/aromatic N) is 2. The van der Waals surface area contributed by atoms with Crippen LogP contribution in [-0.4, -0.2) is 84.5 Å². The number of sulfone groups is 1. The molecule has 1 saturated heterocycles. The first-order valence-electron chi connectivity index (χ1n) is 15.1. The topological polar surface area (TPSA) is 180 Å². The summed E-state index contributed by atoms with van der Waals surface area (Å²) < 4.78 is 92.2. The summed E-state index contributed by atoms with van der Waals surface area (Å²) in [6, 6.07) is 1.38. The fourth-order valence-corrected chi connectivity index (χ4v) is 7.08. The minimum Gasteiger partial charge on any atom is -0.394 e. The normalized spacial score (nSPS) is 17.2. The Balaban J connectivity index is 1.47. The maximum atomic E-state index is 13.1. The van der Waals surface area contributed by atoms with Gasteiger partial charge in [0.05, 0.1) is 50.6 Å². The molecule has 2 heterocycles. The predicted octanol–water partition coefficient (Wildman–Crippen LogP) is 4.04. The van der Waals surface area contributed by atoms with E-state index in [1.165, 1.54) is 12.3 Å². The van der Waals surface area contributed by atoms with Crippen molar-refractivity contribution in [3.05, 3.63) is 22.7 Å². The molecular weight excluding hydrogens is 630 g/mol. The van der Waals surface area contributed by atoms with Gasteiger partial charge < -0.3 is 29.7 Å². The highest BCUT2D eigenvalue weighted by Crippen LogP contribution is 2.47. The monoisotopic (exact) mass is 677 g/mol. The van der Waals surface area contributed by atoms with Gasteiger partial charge in [0.15, 0.2) is 0 Å². The Hall–Kier alpha value is -1.55. The van der Waals surface area contributed by atoms with Crippen molar-refractivity contribution in [1.82, 2.24) is 9.55 Å². The number of aliphatic hydroxyl groups excluding tert-OH is 1. The van der Waals surface area contributed by atoms with E-state index < -0.39 is 53.8 Å². The van der Waals surface area contributed by atoms with E-state index in [0.717, 1.165) is 55.9 Å². The molecule has 2 atom stereocenters. The van der Waals surface area contributed by atoms with Crippen LogP contribution in [0.5, 0.6) is 0 Å². The average molecular weight is 678 g/mol. The van der Waals surface area contributed by atoms with Gasteiger partial charge in [-0.15, -0.1) is 0 Å². The van der Waals surface area contributed by atoms with E-state index in [0.29, 0.717) is 12.8 Å². The number of nitrogen functional groups attached to an aromatic ring is 1. The molecular formula is C27H47F3N3O9PS.